The van der Waals surface area contributed by atoms with Gasteiger partial charge in [0.2, 0.25) is 0 Å². The highest BCUT2D eigenvalue weighted by Gasteiger charge is 1.85. The first kappa shape index (κ1) is 16.4. The van der Waals surface area contributed by atoms with Gasteiger partial charge in [-0.3, -0.25) is 4.46 Å². The van der Waals surface area contributed by atoms with Crippen molar-refractivity contribution in [1.29, 1.82) is 0 Å². The average Bonchev–Trinajstić information content (AvgIpc) is 0.811. The van der Waals surface area contributed by atoms with E-state index in [1.807, 2.05) is 0 Å². The van der Waals surface area contributed by atoms with Crippen molar-refractivity contribution in [2.75, 3.05) is 0 Å². The SMILES string of the molecule is O=[Si](O)O.[S-2].[SiH6+2]. The molecule has 0 atom stereocenters. The van der Waals surface area contributed by atoms with Crippen LogP contribution in [0.2, 0.25) is 0 Å². The van der Waals surface area contributed by atoms with E-state index >= 15 is 0 Å². The normalized spacial score (nSPS) is 4.00. The Morgan fingerprint density at radius 2 is 1.33 bits per heavy atom. The van der Waals surface area contributed by atoms with Crippen LogP contribution in [0.25, 0.3) is 0 Å². The molecule has 0 aromatic rings. The van der Waals surface area contributed by atoms with Crippen molar-refractivity contribution in [3.63, 3.8) is 0 Å². The molecule has 40 valence electrons. The lowest BCUT2D eigenvalue weighted by Crippen LogP contribution is -1.90. The Hall–Kier alpha value is 0.184. The van der Waals surface area contributed by atoms with E-state index in [0.717, 1.165) is 0 Å². The summed E-state index contributed by atoms with van der Waals surface area (Å²) < 4.78 is 8.74. The molecule has 0 spiro atoms. The third kappa shape index (κ3) is 1260. The van der Waals surface area contributed by atoms with E-state index in [1.165, 1.54) is 0 Å². The van der Waals surface area contributed by atoms with Gasteiger partial charge in [-0.2, -0.15) is 0 Å². The zero-order chi connectivity index (χ0) is 3.58. The van der Waals surface area contributed by atoms with E-state index in [-0.39, 0.29) is 24.5 Å². The largest absolute Gasteiger partial charge is 2.00 e. The summed E-state index contributed by atoms with van der Waals surface area (Å²) in [5, 5.41) is 0. The molecule has 0 rings (SSSR count). The van der Waals surface area contributed by atoms with Crippen LogP contribution >= 0.6 is 0 Å². The Bertz CT molecular complexity index is 31.8. The van der Waals surface area contributed by atoms with E-state index < -0.39 is 9.17 Å². The lowest BCUT2D eigenvalue weighted by molar-refractivity contribution is 0.330. The zero-order valence-electron chi connectivity index (χ0n) is 2.21. The Balaban J connectivity index is -0.0000000450. The molecule has 0 aliphatic rings. The van der Waals surface area contributed by atoms with Crippen molar-refractivity contribution < 1.29 is 14.1 Å². The highest BCUT2D eigenvalue weighted by atomic mass is 32.1. The minimum Gasteiger partial charge on any atom is -2.00 e. The van der Waals surface area contributed by atoms with Gasteiger partial charge in [0.05, 0.1) is 0 Å². The highest BCUT2D eigenvalue weighted by molar-refractivity contribution is 7.37. The van der Waals surface area contributed by atoms with E-state index in [2.05, 4.69) is 0 Å². The summed E-state index contributed by atoms with van der Waals surface area (Å²) in [5.74, 6) is 0. The lowest BCUT2D eigenvalue weighted by Gasteiger charge is -2.00. The molecular formula is H8O3SSi2. The maximum Gasteiger partial charge on any atom is 0.761 e. The molecule has 0 heterocycles. The lowest BCUT2D eigenvalue weighted by atomic mass is 15.8. The van der Waals surface area contributed by atoms with Gasteiger partial charge in [0.1, 0.15) is 0 Å². The average molecular weight is 144 g/mol. The monoisotopic (exact) mass is 144 g/mol. The van der Waals surface area contributed by atoms with Crippen LogP contribution in [-0.2, 0) is 18.0 Å². The fraction of sp³-hybridized carbons (Fsp3) is 0. The predicted octanol–water partition coefficient (Wildman–Crippen LogP) is -3.60. The predicted molar refractivity (Wildman–Crippen MR) is 32.4 cm³/mol. The third-order valence-electron chi connectivity index (χ3n) is 0. The van der Waals surface area contributed by atoms with Crippen molar-refractivity contribution in [2.24, 2.45) is 0 Å². The maximum atomic E-state index is 8.74. The molecule has 0 radical (unpaired) electrons. The first-order chi connectivity index (χ1) is 1.73. The van der Waals surface area contributed by atoms with E-state index in [1.54, 1.807) is 0 Å². The van der Waals surface area contributed by atoms with Crippen LogP contribution in [0, 0.1) is 0 Å². The quantitative estimate of drug-likeness (QED) is 0.345. The Labute approximate surface area is 48.4 Å². The Kier molecular flexibility index (Phi) is 24.5. The second-order valence-corrected chi connectivity index (χ2v) is 0.848. The molecule has 0 fully saturated rings. The summed E-state index contributed by atoms with van der Waals surface area (Å²) in [6, 6.07) is 0. The molecule has 0 aliphatic heterocycles. The summed E-state index contributed by atoms with van der Waals surface area (Å²) >= 11 is 0. The van der Waals surface area contributed by atoms with Crippen molar-refractivity contribution in [3.05, 3.63) is 0 Å². The van der Waals surface area contributed by atoms with E-state index in [9.17, 15) is 0 Å². The molecule has 0 saturated carbocycles. The molecule has 0 aromatic carbocycles. The molecule has 0 aromatic heterocycles. The molecule has 0 aliphatic carbocycles. The van der Waals surface area contributed by atoms with Gasteiger partial charge in [-0.1, -0.05) is 0 Å². The topological polar surface area (TPSA) is 57.5 Å². The molecule has 2 N–H and O–H groups in total. The third-order valence-corrected chi connectivity index (χ3v) is 0. The van der Waals surface area contributed by atoms with Gasteiger partial charge in [0.15, 0.2) is 11.0 Å². The van der Waals surface area contributed by atoms with E-state index in [0.29, 0.717) is 0 Å². The molecular weight excluding hydrogens is 136 g/mol. The van der Waals surface area contributed by atoms with Gasteiger partial charge >= 0.3 is 9.17 Å². The minimum atomic E-state index is -3.13. The van der Waals surface area contributed by atoms with Gasteiger partial charge in [0, 0.05) is 0 Å². The molecule has 0 bridgehead atoms. The highest BCUT2D eigenvalue weighted by Crippen LogP contribution is 1.27. The summed E-state index contributed by atoms with van der Waals surface area (Å²) in [6.07, 6.45) is 0. The number of hydrogen-bond donors (Lipinski definition) is 2. The molecule has 6 heteroatoms. The molecule has 0 amide bonds. The molecule has 6 heavy (non-hydrogen) atoms. The molecule has 0 saturated heterocycles. The number of hydrogen-bond acceptors (Lipinski definition) is 1. The van der Waals surface area contributed by atoms with Crippen LogP contribution in [0.3, 0.4) is 0 Å². The molecule has 3 nitrogen and oxygen atoms in total. The Morgan fingerprint density at radius 3 is 1.33 bits per heavy atom. The van der Waals surface area contributed by atoms with Crippen LogP contribution in [0.1, 0.15) is 0 Å². The van der Waals surface area contributed by atoms with Gasteiger partial charge < -0.3 is 23.1 Å². The van der Waals surface area contributed by atoms with Crippen LogP contribution < -0.4 is 0 Å². The van der Waals surface area contributed by atoms with Crippen molar-refractivity contribution in [1.82, 2.24) is 0 Å². The van der Waals surface area contributed by atoms with Crippen LogP contribution in [-0.4, -0.2) is 29.7 Å². The first-order valence-corrected chi connectivity index (χ1v) is 1.95. The minimum absolute atomic E-state index is 0. The van der Waals surface area contributed by atoms with Crippen LogP contribution in [0.5, 0.6) is 0 Å². The van der Waals surface area contributed by atoms with Gasteiger partial charge in [-0.05, 0) is 0 Å². The fourth-order valence-corrected chi connectivity index (χ4v) is 0. The van der Waals surface area contributed by atoms with Gasteiger partial charge in [-0.15, -0.1) is 0 Å². The van der Waals surface area contributed by atoms with Crippen molar-refractivity contribution in [3.8, 4) is 0 Å². The second-order valence-electron chi connectivity index (χ2n) is 0.283. The summed E-state index contributed by atoms with van der Waals surface area (Å²) in [6.45, 7) is 0. The Morgan fingerprint density at radius 1 is 1.33 bits per heavy atom. The van der Waals surface area contributed by atoms with Gasteiger partial charge in [0.25, 0.3) is 0 Å². The standard InChI is InChI=1S/H2O3Si.S.H6Si/c1-4(2)3;;/h1-2H;;1H6/q;-2;+2. The van der Waals surface area contributed by atoms with Crippen LogP contribution in [0.15, 0.2) is 0 Å². The summed E-state index contributed by atoms with van der Waals surface area (Å²) in [7, 11) is -3.13. The second kappa shape index (κ2) is 8.95. The number of rotatable bonds is 0. The van der Waals surface area contributed by atoms with Crippen molar-refractivity contribution >= 4 is 33.6 Å². The smallest absolute Gasteiger partial charge is 0.761 e. The zero-order valence-corrected chi connectivity index (χ0v) is 4.03. The summed E-state index contributed by atoms with van der Waals surface area (Å²) in [4.78, 5) is 14.3. The van der Waals surface area contributed by atoms with E-state index in [4.69, 9.17) is 14.1 Å². The first-order valence-electron chi connectivity index (χ1n) is 0.651. The molecule has 0 unspecified atom stereocenters. The van der Waals surface area contributed by atoms with Crippen molar-refractivity contribution in [2.45, 2.75) is 0 Å². The van der Waals surface area contributed by atoms with Crippen LogP contribution in [0.4, 0.5) is 0 Å². The summed E-state index contributed by atoms with van der Waals surface area (Å²) in [5.41, 5.74) is 0. The maximum absolute atomic E-state index is 8.74. The fourth-order valence-electron chi connectivity index (χ4n) is 0. The van der Waals surface area contributed by atoms with Gasteiger partial charge in [-0.25, -0.2) is 0 Å².